The molecular formula is C14H18N2O4. The largest absolute Gasteiger partial charge is 0.496 e. The van der Waals surface area contributed by atoms with Gasteiger partial charge in [-0.2, -0.15) is 0 Å². The van der Waals surface area contributed by atoms with Crippen LogP contribution in [0.4, 0.5) is 0 Å². The summed E-state index contributed by atoms with van der Waals surface area (Å²) in [5.74, 6) is 0.169. The van der Waals surface area contributed by atoms with Crippen molar-refractivity contribution in [2.75, 3.05) is 27.3 Å². The van der Waals surface area contributed by atoms with Gasteiger partial charge in [0.2, 0.25) is 5.91 Å². The SMILES string of the molecule is COC(=O)c1ccc(CCN2NCCC2=O)cc1OC. The fraction of sp³-hybridized carbons (Fsp3) is 0.429. The molecule has 1 heterocycles. The maximum atomic E-state index is 11.5. The molecule has 0 saturated carbocycles. The summed E-state index contributed by atoms with van der Waals surface area (Å²) in [6, 6.07) is 5.32. The lowest BCUT2D eigenvalue weighted by molar-refractivity contribution is -0.129. The van der Waals surface area contributed by atoms with Crippen molar-refractivity contribution in [1.29, 1.82) is 0 Å². The van der Waals surface area contributed by atoms with E-state index in [0.29, 0.717) is 37.2 Å². The average molecular weight is 278 g/mol. The van der Waals surface area contributed by atoms with Gasteiger partial charge in [-0.25, -0.2) is 10.2 Å². The molecule has 0 aliphatic carbocycles. The van der Waals surface area contributed by atoms with Crippen molar-refractivity contribution in [3.63, 3.8) is 0 Å². The molecule has 0 spiro atoms. The number of benzene rings is 1. The van der Waals surface area contributed by atoms with Crippen LogP contribution in [0.3, 0.4) is 0 Å². The van der Waals surface area contributed by atoms with Crippen LogP contribution < -0.4 is 10.2 Å². The number of nitrogens with zero attached hydrogens (tertiary/aromatic N) is 1. The molecule has 0 bridgehead atoms. The van der Waals surface area contributed by atoms with Crippen molar-refractivity contribution in [3.05, 3.63) is 29.3 Å². The first-order valence-electron chi connectivity index (χ1n) is 6.45. The van der Waals surface area contributed by atoms with Crippen LogP contribution in [-0.4, -0.2) is 44.2 Å². The van der Waals surface area contributed by atoms with E-state index in [1.807, 2.05) is 6.07 Å². The average Bonchev–Trinajstić information content (AvgIpc) is 2.89. The second kappa shape index (κ2) is 6.38. The number of carbonyl (C=O) groups is 2. The molecule has 20 heavy (non-hydrogen) atoms. The van der Waals surface area contributed by atoms with Gasteiger partial charge < -0.3 is 9.47 Å². The molecule has 2 rings (SSSR count). The molecule has 1 N–H and O–H groups in total. The predicted molar refractivity (Wildman–Crippen MR) is 72.4 cm³/mol. The lowest BCUT2D eigenvalue weighted by Crippen LogP contribution is -2.35. The first-order valence-corrected chi connectivity index (χ1v) is 6.45. The Kier molecular flexibility index (Phi) is 4.57. The van der Waals surface area contributed by atoms with Crippen LogP contribution in [0.25, 0.3) is 0 Å². The highest BCUT2D eigenvalue weighted by Gasteiger charge is 2.19. The van der Waals surface area contributed by atoms with Crippen LogP contribution in [-0.2, 0) is 16.0 Å². The minimum atomic E-state index is -0.426. The molecule has 1 saturated heterocycles. The van der Waals surface area contributed by atoms with Gasteiger partial charge in [-0.3, -0.25) is 9.80 Å². The number of methoxy groups -OCH3 is 2. The fourth-order valence-corrected chi connectivity index (χ4v) is 2.14. The van der Waals surface area contributed by atoms with Gasteiger partial charge in [0, 0.05) is 19.5 Å². The van der Waals surface area contributed by atoms with Crippen molar-refractivity contribution in [2.24, 2.45) is 0 Å². The number of hydrogen-bond acceptors (Lipinski definition) is 5. The van der Waals surface area contributed by atoms with Crippen molar-refractivity contribution in [3.8, 4) is 5.75 Å². The molecule has 6 nitrogen and oxygen atoms in total. The van der Waals surface area contributed by atoms with E-state index < -0.39 is 5.97 Å². The lowest BCUT2D eigenvalue weighted by atomic mass is 10.1. The van der Waals surface area contributed by atoms with Crippen LogP contribution in [0.5, 0.6) is 5.75 Å². The van der Waals surface area contributed by atoms with E-state index in [-0.39, 0.29) is 5.91 Å². The summed E-state index contributed by atoms with van der Waals surface area (Å²) in [7, 11) is 2.84. The van der Waals surface area contributed by atoms with E-state index in [0.717, 1.165) is 5.56 Å². The number of nitrogens with one attached hydrogen (secondary N) is 1. The highest BCUT2D eigenvalue weighted by atomic mass is 16.5. The second-order valence-corrected chi connectivity index (χ2v) is 4.48. The van der Waals surface area contributed by atoms with Gasteiger partial charge in [-0.1, -0.05) is 6.07 Å². The number of rotatable bonds is 5. The zero-order valence-corrected chi connectivity index (χ0v) is 11.6. The number of hydrazine groups is 1. The molecule has 0 radical (unpaired) electrons. The van der Waals surface area contributed by atoms with Gasteiger partial charge in [-0.05, 0) is 24.1 Å². The van der Waals surface area contributed by atoms with Crippen molar-refractivity contribution in [1.82, 2.24) is 10.4 Å². The molecule has 1 amide bonds. The Morgan fingerprint density at radius 2 is 2.20 bits per heavy atom. The van der Waals surface area contributed by atoms with Gasteiger partial charge in [0.1, 0.15) is 11.3 Å². The van der Waals surface area contributed by atoms with E-state index in [2.05, 4.69) is 5.43 Å². The summed E-state index contributed by atoms with van der Waals surface area (Å²) in [5.41, 5.74) is 4.42. The first kappa shape index (κ1) is 14.3. The smallest absolute Gasteiger partial charge is 0.341 e. The summed E-state index contributed by atoms with van der Waals surface area (Å²) in [6.07, 6.45) is 1.24. The quantitative estimate of drug-likeness (QED) is 0.805. The number of esters is 1. The second-order valence-electron chi connectivity index (χ2n) is 4.48. The molecule has 108 valence electrons. The maximum absolute atomic E-state index is 11.5. The van der Waals surface area contributed by atoms with E-state index in [9.17, 15) is 9.59 Å². The highest BCUT2D eigenvalue weighted by Crippen LogP contribution is 2.21. The van der Waals surface area contributed by atoms with Crippen molar-refractivity contribution in [2.45, 2.75) is 12.8 Å². The van der Waals surface area contributed by atoms with E-state index in [1.165, 1.54) is 14.2 Å². The van der Waals surface area contributed by atoms with Gasteiger partial charge in [-0.15, -0.1) is 0 Å². The summed E-state index contributed by atoms with van der Waals surface area (Å²) in [5, 5.41) is 1.63. The van der Waals surface area contributed by atoms with Gasteiger partial charge >= 0.3 is 5.97 Å². The number of hydrogen-bond donors (Lipinski definition) is 1. The summed E-state index contributed by atoms with van der Waals surface area (Å²) >= 11 is 0. The molecule has 1 aromatic carbocycles. The van der Waals surface area contributed by atoms with E-state index in [1.54, 1.807) is 17.1 Å². The van der Waals surface area contributed by atoms with Gasteiger partial charge in [0.25, 0.3) is 0 Å². The third kappa shape index (κ3) is 3.08. The minimum absolute atomic E-state index is 0.114. The van der Waals surface area contributed by atoms with E-state index >= 15 is 0 Å². The van der Waals surface area contributed by atoms with Gasteiger partial charge in [0.05, 0.1) is 14.2 Å². The zero-order chi connectivity index (χ0) is 14.5. The van der Waals surface area contributed by atoms with Crippen LogP contribution >= 0.6 is 0 Å². The minimum Gasteiger partial charge on any atom is -0.496 e. The Balaban J connectivity index is 2.05. The Labute approximate surface area is 117 Å². The standard InChI is InChI=1S/C14H18N2O4/c1-19-12-9-10(3-4-11(12)14(18)20-2)6-8-16-13(17)5-7-15-16/h3-4,9,15H,5-8H2,1-2H3. The van der Waals surface area contributed by atoms with Crippen LogP contribution in [0.1, 0.15) is 22.3 Å². The highest BCUT2D eigenvalue weighted by molar-refractivity contribution is 5.92. The third-order valence-electron chi connectivity index (χ3n) is 3.24. The van der Waals surface area contributed by atoms with Crippen LogP contribution in [0, 0.1) is 0 Å². The fourth-order valence-electron chi connectivity index (χ4n) is 2.14. The van der Waals surface area contributed by atoms with Crippen molar-refractivity contribution < 1.29 is 19.1 Å². The Hall–Kier alpha value is -2.08. The zero-order valence-electron chi connectivity index (χ0n) is 11.6. The van der Waals surface area contributed by atoms with Gasteiger partial charge in [0.15, 0.2) is 0 Å². The van der Waals surface area contributed by atoms with E-state index in [4.69, 9.17) is 9.47 Å². The Morgan fingerprint density at radius 3 is 2.80 bits per heavy atom. The molecule has 0 atom stereocenters. The monoisotopic (exact) mass is 278 g/mol. The Morgan fingerprint density at radius 1 is 1.40 bits per heavy atom. The summed E-state index contributed by atoms with van der Waals surface area (Å²) in [4.78, 5) is 23.0. The topological polar surface area (TPSA) is 67.9 Å². The molecular weight excluding hydrogens is 260 g/mol. The number of carbonyl (C=O) groups excluding carboxylic acids is 2. The molecule has 6 heteroatoms. The maximum Gasteiger partial charge on any atom is 0.341 e. The third-order valence-corrected chi connectivity index (χ3v) is 3.24. The molecule has 0 unspecified atom stereocenters. The lowest BCUT2D eigenvalue weighted by Gasteiger charge is -2.16. The van der Waals surface area contributed by atoms with Crippen LogP contribution in [0.2, 0.25) is 0 Å². The molecule has 1 aromatic rings. The summed E-state index contributed by atoms with van der Waals surface area (Å²) < 4.78 is 9.90. The Bertz CT molecular complexity index is 516. The van der Waals surface area contributed by atoms with Crippen LogP contribution in [0.15, 0.2) is 18.2 Å². The number of ether oxygens (including phenoxy) is 2. The summed E-state index contributed by atoms with van der Waals surface area (Å²) in [6.45, 7) is 1.29. The molecule has 1 aliphatic rings. The number of amides is 1. The normalized spacial score (nSPS) is 14.5. The van der Waals surface area contributed by atoms with Crippen molar-refractivity contribution >= 4 is 11.9 Å². The molecule has 1 aliphatic heterocycles. The first-order chi connectivity index (χ1) is 9.65. The predicted octanol–water partition coefficient (Wildman–Crippen LogP) is 0.761. The molecule has 1 fully saturated rings. The molecule has 0 aromatic heterocycles.